The Morgan fingerprint density at radius 3 is 2.68 bits per heavy atom. The molecule has 1 fully saturated rings. The Morgan fingerprint density at radius 1 is 1.05 bits per heavy atom. The van der Waals surface area contributed by atoms with Gasteiger partial charge in [0.15, 0.2) is 0 Å². The molecular formula is C16H14N2O. The molecule has 94 valence electrons. The van der Waals surface area contributed by atoms with E-state index >= 15 is 0 Å². The summed E-state index contributed by atoms with van der Waals surface area (Å²) in [6, 6.07) is 14.5. The van der Waals surface area contributed by atoms with Gasteiger partial charge >= 0.3 is 0 Å². The van der Waals surface area contributed by atoms with Crippen LogP contribution in [-0.4, -0.2) is 16.3 Å². The molecule has 0 saturated heterocycles. The number of aromatic amines is 1. The van der Waals surface area contributed by atoms with Crippen LogP contribution in [-0.2, 0) is 0 Å². The highest BCUT2D eigenvalue weighted by Gasteiger charge is 2.23. The van der Waals surface area contributed by atoms with Crippen molar-refractivity contribution in [1.29, 1.82) is 0 Å². The molecule has 1 aromatic heterocycles. The Bertz CT molecular complexity index is 711. The van der Waals surface area contributed by atoms with Gasteiger partial charge in [-0.2, -0.15) is 5.10 Å². The molecule has 0 aliphatic heterocycles. The number of ether oxygens (including phenoxy) is 1. The van der Waals surface area contributed by atoms with Crippen molar-refractivity contribution >= 4 is 10.9 Å². The van der Waals surface area contributed by atoms with E-state index in [1.54, 1.807) is 0 Å². The van der Waals surface area contributed by atoms with Crippen LogP contribution in [0.1, 0.15) is 12.8 Å². The van der Waals surface area contributed by atoms with E-state index in [9.17, 15) is 0 Å². The lowest BCUT2D eigenvalue weighted by molar-refractivity contribution is 0.303. The number of fused-ring (bicyclic) bond motifs is 1. The van der Waals surface area contributed by atoms with Crippen molar-refractivity contribution in [2.45, 2.75) is 18.9 Å². The smallest absolute Gasteiger partial charge is 0.119 e. The number of H-pyrrole nitrogens is 1. The molecule has 0 amide bonds. The summed E-state index contributed by atoms with van der Waals surface area (Å²) in [7, 11) is 0. The monoisotopic (exact) mass is 250 g/mol. The van der Waals surface area contributed by atoms with Gasteiger partial charge < -0.3 is 4.74 Å². The van der Waals surface area contributed by atoms with Crippen molar-refractivity contribution in [3.05, 3.63) is 48.7 Å². The van der Waals surface area contributed by atoms with E-state index in [-0.39, 0.29) is 0 Å². The fourth-order valence-corrected chi connectivity index (χ4v) is 2.30. The molecule has 0 radical (unpaired) electrons. The average Bonchev–Trinajstić information content (AvgIpc) is 3.13. The van der Waals surface area contributed by atoms with Crippen molar-refractivity contribution in [1.82, 2.24) is 10.2 Å². The minimum absolute atomic E-state index is 0.446. The van der Waals surface area contributed by atoms with Crippen LogP contribution in [0.25, 0.3) is 22.0 Å². The lowest BCUT2D eigenvalue weighted by Crippen LogP contribution is -1.95. The van der Waals surface area contributed by atoms with Crippen LogP contribution in [0.3, 0.4) is 0 Å². The summed E-state index contributed by atoms with van der Waals surface area (Å²) in [5.41, 5.74) is 3.43. The lowest BCUT2D eigenvalue weighted by atomic mass is 10.0. The van der Waals surface area contributed by atoms with Gasteiger partial charge in [0.05, 0.1) is 17.8 Å². The van der Waals surface area contributed by atoms with Gasteiger partial charge in [-0.25, -0.2) is 0 Å². The van der Waals surface area contributed by atoms with Gasteiger partial charge in [-0.1, -0.05) is 30.3 Å². The number of hydrogen-bond donors (Lipinski definition) is 1. The lowest BCUT2D eigenvalue weighted by Gasteiger charge is -2.06. The second-order valence-electron chi connectivity index (χ2n) is 4.98. The summed E-state index contributed by atoms with van der Waals surface area (Å²) in [5, 5.41) is 8.30. The van der Waals surface area contributed by atoms with Crippen LogP contribution in [0.4, 0.5) is 0 Å². The zero-order valence-electron chi connectivity index (χ0n) is 10.5. The van der Waals surface area contributed by atoms with E-state index in [1.807, 2.05) is 18.3 Å². The zero-order valence-corrected chi connectivity index (χ0v) is 10.5. The minimum Gasteiger partial charge on any atom is -0.490 e. The Morgan fingerprint density at radius 2 is 1.89 bits per heavy atom. The Hall–Kier alpha value is -2.29. The molecule has 1 saturated carbocycles. The molecular weight excluding hydrogens is 236 g/mol. The third kappa shape index (κ3) is 1.97. The molecule has 0 bridgehead atoms. The van der Waals surface area contributed by atoms with Gasteiger partial charge in [0, 0.05) is 10.9 Å². The van der Waals surface area contributed by atoms with Crippen LogP contribution >= 0.6 is 0 Å². The van der Waals surface area contributed by atoms with Crippen molar-refractivity contribution in [2.75, 3.05) is 0 Å². The molecule has 4 rings (SSSR count). The van der Waals surface area contributed by atoms with E-state index in [0.29, 0.717) is 6.10 Å². The minimum atomic E-state index is 0.446. The van der Waals surface area contributed by atoms with E-state index in [1.165, 1.54) is 24.0 Å². The predicted octanol–water partition coefficient (Wildman–Crippen LogP) is 3.77. The topological polar surface area (TPSA) is 37.9 Å². The van der Waals surface area contributed by atoms with Gasteiger partial charge in [-0.15, -0.1) is 0 Å². The molecule has 1 N–H and O–H groups in total. The predicted molar refractivity (Wildman–Crippen MR) is 75.2 cm³/mol. The summed E-state index contributed by atoms with van der Waals surface area (Å²) in [5.74, 6) is 0.961. The third-order valence-electron chi connectivity index (χ3n) is 3.47. The SMILES string of the molecule is c1cc(-c2ccc(OC3CC3)cc2)c2[nH]ncc2c1. The van der Waals surface area contributed by atoms with E-state index in [0.717, 1.165) is 16.7 Å². The highest BCUT2D eigenvalue weighted by molar-refractivity contribution is 5.93. The molecule has 3 heteroatoms. The van der Waals surface area contributed by atoms with Gasteiger partial charge in [0.1, 0.15) is 5.75 Å². The zero-order chi connectivity index (χ0) is 12.7. The standard InChI is InChI=1S/C16H14N2O/c1-2-12-10-17-18-16(12)15(3-1)11-4-6-13(7-5-11)19-14-8-9-14/h1-7,10,14H,8-9H2,(H,17,18). The number of nitrogens with zero attached hydrogens (tertiary/aromatic N) is 1. The highest BCUT2D eigenvalue weighted by Crippen LogP contribution is 2.30. The Kier molecular flexibility index (Phi) is 2.30. The first kappa shape index (κ1) is 10.6. The maximum Gasteiger partial charge on any atom is 0.119 e. The number of nitrogens with one attached hydrogen (secondary N) is 1. The largest absolute Gasteiger partial charge is 0.490 e. The van der Waals surface area contributed by atoms with E-state index < -0.39 is 0 Å². The van der Waals surface area contributed by atoms with Crippen LogP contribution in [0.5, 0.6) is 5.75 Å². The van der Waals surface area contributed by atoms with Crippen LogP contribution in [0.15, 0.2) is 48.7 Å². The summed E-state index contributed by atoms with van der Waals surface area (Å²) < 4.78 is 5.77. The number of benzene rings is 2. The fraction of sp³-hybridized carbons (Fsp3) is 0.188. The number of hydrogen-bond acceptors (Lipinski definition) is 2. The molecule has 2 aromatic carbocycles. The Balaban J connectivity index is 1.72. The van der Waals surface area contributed by atoms with Gasteiger partial charge in [-0.3, -0.25) is 5.10 Å². The van der Waals surface area contributed by atoms with Crippen LogP contribution < -0.4 is 4.74 Å². The second kappa shape index (κ2) is 4.12. The molecule has 19 heavy (non-hydrogen) atoms. The molecule has 3 aromatic rings. The molecule has 0 unspecified atom stereocenters. The van der Waals surface area contributed by atoms with Crippen LogP contribution in [0.2, 0.25) is 0 Å². The summed E-state index contributed by atoms with van der Waals surface area (Å²) in [6.07, 6.45) is 4.68. The summed E-state index contributed by atoms with van der Waals surface area (Å²) >= 11 is 0. The quantitative estimate of drug-likeness (QED) is 0.768. The van der Waals surface area contributed by atoms with Crippen molar-refractivity contribution in [3.63, 3.8) is 0 Å². The molecule has 1 heterocycles. The highest BCUT2D eigenvalue weighted by atomic mass is 16.5. The molecule has 0 atom stereocenters. The normalized spacial score (nSPS) is 14.7. The maximum absolute atomic E-state index is 5.77. The van der Waals surface area contributed by atoms with Gasteiger partial charge in [-0.05, 0) is 30.5 Å². The number of rotatable bonds is 3. The first-order valence-electron chi connectivity index (χ1n) is 6.59. The average molecular weight is 250 g/mol. The van der Waals surface area contributed by atoms with Gasteiger partial charge in [0.2, 0.25) is 0 Å². The first-order chi connectivity index (χ1) is 9.40. The molecule has 1 aliphatic carbocycles. The Labute approximate surface area is 111 Å². The molecule has 1 aliphatic rings. The summed E-state index contributed by atoms with van der Waals surface area (Å²) in [6.45, 7) is 0. The third-order valence-corrected chi connectivity index (χ3v) is 3.47. The first-order valence-corrected chi connectivity index (χ1v) is 6.59. The van der Waals surface area contributed by atoms with E-state index in [4.69, 9.17) is 4.74 Å². The van der Waals surface area contributed by atoms with Crippen molar-refractivity contribution in [2.24, 2.45) is 0 Å². The second-order valence-corrected chi connectivity index (χ2v) is 4.98. The molecule has 0 spiro atoms. The fourth-order valence-electron chi connectivity index (χ4n) is 2.30. The number of aromatic nitrogens is 2. The summed E-state index contributed by atoms with van der Waals surface area (Å²) in [4.78, 5) is 0. The maximum atomic E-state index is 5.77. The van der Waals surface area contributed by atoms with Crippen molar-refractivity contribution in [3.8, 4) is 16.9 Å². The number of para-hydroxylation sites is 1. The van der Waals surface area contributed by atoms with E-state index in [2.05, 4.69) is 40.5 Å². The molecule has 3 nitrogen and oxygen atoms in total. The van der Waals surface area contributed by atoms with Crippen molar-refractivity contribution < 1.29 is 4.74 Å². The van der Waals surface area contributed by atoms with Gasteiger partial charge in [0.25, 0.3) is 0 Å². The van der Waals surface area contributed by atoms with Crippen LogP contribution in [0, 0.1) is 0 Å².